The molecule has 0 amide bonds. The molecule has 4 N–H and O–H groups in total. The molecule has 0 aromatic carbocycles. The SMILES string of the molecule is CCCC[C@H]1O[C@H](CO)[C@@H](O)[C@H](O)[C@H]1O. The minimum absolute atomic E-state index is 0.354. The van der Waals surface area contributed by atoms with Crippen molar-refractivity contribution in [1.29, 1.82) is 0 Å². The summed E-state index contributed by atoms with van der Waals surface area (Å²) in [5.74, 6) is 0. The first kappa shape index (κ1) is 12.9. The number of hydrogen-bond acceptors (Lipinski definition) is 5. The fourth-order valence-electron chi connectivity index (χ4n) is 1.82. The Morgan fingerprint density at radius 2 is 1.60 bits per heavy atom. The number of unbranched alkanes of at least 4 members (excludes halogenated alkanes) is 1. The van der Waals surface area contributed by atoms with E-state index in [0.717, 1.165) is 12.8 Å². The van der Waals surface area contributed by atoms with Gasteiger partial charge in [0.05, 0.1) is 12.7 Å². The van der Waals surface area contributed by atoms with E-state index < -0.39 is 30.5 Å². The quantitative estimate of drug-likeness (QED) is 0.489. The molecule has 15 heavy (non-hydrogen) atoms. The van der Waals surface area contributed by atoms with E-state index in [-0.39, 0.29) is 6.61 Å². The minimum atomic E-state index is -1.24. The number of aliphatic hydroxyl groups is 4. The Kier molecular flexibility index (Phi) is 4.95. The zero-order valence-electron chi connectivity index (χ0n) is 8.91. The van der Waals surface area contributed by atoms with Crippen LogP contribution in [0.3, 0.4) is 0 Å². The molecule has 0 aromatic heterocycles. The molecule has 0 saturated carbocycles. The van der Waals surface area contributed by atoms with Crippen LogP contribution < -0.4 is 0 Å². The van der Waals surface area contributed by atoms with Crippen molar-refractivity contribution in [2.75, 3.05) is 6.61 Å². The third-order valence-electron chi connectivity index (χ3n) is 2.83. The van der Waals surface area contributed by atoms with Gasteiger partial charge in [0.1, 0.15) is 24.4 Å². The maximum Gasteiger partial charge on any atom is 0.111 e. The monoisotopic (exact) mass is 220 g/mol. The lowest BCUT2D eigenvalue weighted by Crippen LogP contribution is -2.58. The largest absolute Gasteiger partial charge is 0.394 e. The van der Waals surface area contributed by atoms with Crippen molar-refractivity contribution in [2.24, 2.45) is 0 Å². The Bertz CT molecular complexity index is 185. The van der Waals surface area contributed by atoms with Crippen LogP contribution in [0.4, 0.5) is 0 Å². The van der Waals surface area contributed by atoms with E-state index in [0.29, 0.717) is 6.42 Å². The van der Waals surface area contributed by atoms with Gasteiger partial charge in [-0.3, -0.25) is 0 Å². The van der Waals surface area contributed by atoms with Crippen LogP contribution in [0, 0.1) is 0 Å². The second kappa shape index (κ2) is 5.77. The molecule has 90 valence electrons. The fraction of sp³-hybridized carbons (Fsp3) is 1.00. The van der Waals surface area contributed by atoms with Gasteiger partial charge in [-0.2, -0.15) is 0 Å². The molecular formula is C10H20O5. The number of ether oxygens (including phenoxy) is 1. The number of hydrogen-bond donors (Lipinski definition) is 4. The van der Waals surface area contributed by atoms with Crippen molar-refractivity contribution in [1.82, 2.24) is 0 Å². The van der Waals surface area contributed by atoms with E-state index in [2.05, 4.69) is 0 Å². The standard InChI is InChI=1S/C10H20O5/c1-2-3-4-6-8(12)10(14)9(13)7(5-11)15-6/h6-14H,2-5H2,1H3/t6-,7-,8+,9-,10-/m1/s1. The van der Waals surface area contributed by atoms with Crippen LogP contribution in [-0.2, 0) is 4.74 Å². The lowest BCUT2D eigenvalue weighted by molar-refractivity contribution is -0.230. The average molecular weight is 220 g/mol. The predicted molar refractivity (Wildman–Crippen MR) is 53.3 cm³/mol. The van der Waals surface area contributed by atoms with Gasteiger partial charge >= 0.3 is 0 Å². The third-order valence-corrected chi connectivity index (χ3v) is 2.83. The molecule has 1 fully saturated rings. The zero-order chi connectivity index (χ0) is 11.4. The summed E-state index contributed by atoms with van der Waals surface area (Å²) in [6, 6.07) is 0. The molecule has 1 heterocycles. The van der Waals surface area contributed by atoms with Crippen molar-refractivity contribution in [2.45, 2.75) is 56.7 Å². The van der Waals surface area contributed by atoms with E-state index in [1.54, 1.807) is 0 Å². The molecule has 0 spiro atoms. The molecule has 0 radical (unpaired) electrons. The third kappa shape index (κ3) is 2.89. The summed E-state index contributed by atoms with van der Waals surface area (Å²) >= 11 is 0. The summed E-state index contributed by atoms with van der Waals surface area (Å²) in [5.41, 5.74) is 0. The first-order valence-corrected chi connectivity index (χ1v) is 5.42. The summed E-state index contributed by atoms with van der Waals surface area (Å²) in [4.78, 5) is 0. The van der Waals surface area contributed by atoms with E-state index in [1.807, 2.05) is 6.92 Å². The van der Waals surface area contributed by atoms with E-state index in [9.17, 15) is 15.3 Å². The van der Waals surface area contributed by atoms with Crippen LogP contribution in [0.1, 0.15) is 26.2 Å². The van der Waals surface area contributed by atoms with Gasteiger partial charge in [0.2, 0.25) is 0 Å². The van der Waals surface area contributed by atoms with Crippen molar-refractivity contribution in [3.05, 3.63) is 0 Å². The smallest absolute Gasteiger partial charge is 0.111 e. The molecule has 1 aliphatic rings. The Morgan fingerprint density at radius 3 is 2.13 bits per heavy atom. The average Bonchev–Trinajstić information content (AvgIpc) is 2.25. The summed E-state index contributed by atoms with van der Waals surface area (Å²) in [6.07, 6.45) is -2.36. The Hall–Kier alpha value is -0.200. The highest BCUT2D eigenvalue weighted by Crippen LogP contribution is 2.24. The summed E-state index contributed by atoms with van der Waals surface area (Å²) in [5, 5.41) is 37.5. The molecular weight excluding hydrogens is 200 g/mol. The molecule has 5 heteroatoms. The molecule has 1 aliphatic heterocycles. The topological polar surface area (TPSA) is 90.2 Å². The van der Waals surface area contributed by atoms with Gasteiger partial charge in [0, 0.05) is 0 Å². The first-order valence-electron chi connectivity index (χ1n) is 5.42. The zero-order valence-corrected chi connectivity index (χ0v) is 8.91. The molecule has 5 atom stereocenters. The minimum Gasteiger partial charge on any atom is -0.394 e. The van der Waals surface area contributed by atoms with Gasteiger partial charge in [-0.15, -0.1) is 0 Å². The molecule has 0 aliphatic carbocycles. The predicted octanol–water partition coefficient (Wildman–Crippen LogP) is -0.981. The highest BCUT2D eigenvalue weighted by Gasteiger charge is 2.42. The van der Waals surface area contributed by atoms with Crippen LogP contribution in [-0.4, -0.2) is 57.6 Å². The molecule has 1 saturated heterocycles. The Balaban J connectivity index is 2.57. The van der Waals surface area contributed by atoms with Crippen molar-refractivity contribution >= 4 is 0 Å². The molecule has 0 bridgehead atoms. The van der Waals surface area contributed by atoms with Gasteiger partial charge in [-0.25, -0.2) is 0 Å². The van der Waals surface area contributed by atoms with Gasteiger partial charge in [-0.1, -0.05) is 19.8 Å². The van der Waals surface area contributed by atoms with Crippen molar-refractivity contribution in [3.8, 4) is 0 Å². The van der Waals surface area contributed by atoms with Crippen LogP contribution in [0.5, 0.6) is 0 Å². The summed E-state index contributed by atoms with van der Waals surface area (Å²) in [6.45, 7) is 1.66. The molecule has 5 nitrogen and oxygen atoms in total. The molecule has 0 unspecified atom stereocenters. The lowest BCUT2D eigenvalue weighted by Gasteiger charge is -2.40. The van der Waals surface area contributed by atoms with Crippen LogP contribution in [0.25, 0.3) is 0 Å². The summed E-state index contributed by atoms with van der Waals surface area (Å²) in [7, 11) is 0. The highest BCUT2D eigenvalue weighted by atomic mass is 16.5. The Morgan fingerprint density at radius 1 is 1.00 bits per heavy atom. The second-order valence-corrected chi connectivity index (χ2v) is 4.01. The van der Waals surface area contributed by atoms with Gasteiger partial charge in [0.25, 0.3) is 0 Å². The highest BCUT2D eigenvalue weighted by molar-refractivity contribution is 4.91. The lowest BCUT2D eigenvalue weighted by atomic mass is 9.92. The maximum atomic E-state index is 9.63. The van der Waals surface area contributed by atoms with Crippen LogP contribution in [0.2, 0.25) is 0 Å². The van der Waals surface area contributed by atoms with E-state index in [1.165, 1.54) is 0 Å². The summed E-state index contributed by atoms with van der Waals surface area (Å²) < 4.78 is 5.32. The maximum absolute atomic E-state index is 9.63. The Labute approximate surface area is 89.3 Å². The van der Waals surface area contributed by atoms with E-state index >= 15 is 0 Å². The van der Waals surface area contributed by atoms with Gasteiger partial charge in [0.15, 0.2) is 0 Å². The normalized spacial score (nSPS) is 41.8. The van der Waals surface area contributed by atoms with Crippen LogP contribution >= 0.6 is 0 Å². The first-order chi connectivity index (χ1) is 7.11. The second-order valence-electron chi connectivity index (χ2n) is 4.01. The van der Waals surface area contributed by atoms with Gasteiger partial charge in [-0.05, 0) is 6.42 Å². The molecule has 0 aromatic rings. The number of aliphatic hydroxyl groups excluding tert-OH is 4. The van der Waals surface area contributed by atoms with E-state index in [4.69, 9.17) is 9.84 Å². The van der Waals surface area contributed by atoms with Crippen LogP contribution in [0.15, 0.2) is 0 Å². The fourth-order valence-corrected chi connectivity index (χ4v) is 1.82. The van der Waals surface area contributed by atoms with Gasteiger partial charge < -0.3 is 25.2 Å². The molecule has 1 rings (SSSR count). The van der Waals surface area contributed by atoms with Crippen molar-refractivity contribution in [3.63, 3.8) is 0 Å². The number of rotatable bonds is 4. The van der Waals surface area contributed by atoms with Crippen molar-refractivity contribution < 1.29 is 25.2 Å².